The van der Waals surface area contributed by atoms with Crippen LogP contribution in [-0.2, 0) is 6.54 Å². The second-order valence-corrected chi connectivity index (χ2v) is 5.42. The number of halogens is 1. The molecule has 0 radical (unpaired) electrons. The molecule has 1 N–H and O–H groups in total. The van der Waals surface area contributed by atoms with Gasteiger partial charge in [-0.2, -0.15) is 5.26 Å². The molecule has 1 fully saturated rings. The Bertz CT molecular complexity index is 456. The highest BCUT2D eigenvalue weighted by Crippen LogP contribution is 2.26. The molecule has 0 aromatic heterocycles. The maximum absolute atomic E-state index is 13.7. The summed E-state index contributed by atoms with van der Waals surface area (Å²) in [7, 11) is 0. The third-order valence-electron chi connectivity index (χ3n) is 4.19. The van der Waals surface area contributed by atoms with Crippen LogP contribution >= 0.6 is 0 Å². The van der Waals surface area contributed by atoms with Gasteiger partial charge in [0.1, 0.15) is 5.82 Å². The Balaban J connectivity index is 1.85. The molecule has 3 heteroatoms. The van der Waals surface area contributed by atoms with E-state index in [4.69, 9.17) is 5.26 Å². The number of nitrogens with zero attached hydrogens (tertiary/aromatic N) is 1. The largest absolute Gasteiger partial charge is 0.310 e. The molecule has 0 bridgehead atoms. The van der Waals surface area contributed by atoms with Crippen LogP contribution < -0.4 is 5.32 Å². The van der Waals surface area contributed by atoms with Crippen molar-refractivity contribution in [3.05, 3.63) is 35.1 Å². The van der Waals surface area contributed by atoms with E-state index in [1.807, 2.05) is 6.07 Å². The van der Waals surface area contributed by atoms with E-state index in [1.54, 1.807) is 12.1 Å². The molecule has 19 heavy (non-hydrogen) atoms. The monoisotopic (exact) mass is 260 g/mol. The summed E-state index contributed by atoms with van der Waals surface area (Å²) >= 11 is 0. The van der Waals surface area contributed by atoms with Gasteiger partial charge in [0, 0.05) is 18.2 Å². The molecule has 102 valence electrons. The first-order chi connectivity index (χ1) is 9.22. The van der Waals surface area contributed by atoms with Gasteiger partial charge in [-0.25, -0.2) is 4.39 Å². The third kappa shape index (κ3) is 3.78. The minimum absolute atomic E-state index is 0.284. The van der Waals surface area contributed by atoms with Crippen LogP contribution in [0.4, 0.5) is 4.39 Å². The molecule has 0 amide bonds. The van der Waals surface area contributed by atoms with E-state index in [9.17, 15) is 4.39 Å². The van der Waals surface area contributed by atoms with Crippen molar-refractivity contribution in [2.45, 2.75) is 51.6 Å². The molecule has 0 atom stereocenters. The van der Waals surface area contributed by atoms with Crippen LogP contribution in [0.5, 0.6) is 0 Å². The second-order valence-electron chi connectivity index (χ2n) is 5.42. The molecule has 0 spiro atoms. The minimum atomic E-state index is -0.284. The lowest BCUT2D eigenvalue weighted by Gasteiger charge is -2.28. The summed E-state index contributed by atoms with van der Waals surface area (Å²) in [5, 5.41) is 12.1. The van der Waals surface area contributed by atoms with E-state index in [1.165, 1.54) is 38.2 Å². The van der Waals surface area contributed by atoms with Gasteiger partial charge >= 0.3 is 0 Å². The Morgan fingerprint density at radius 1 is 1.32 bits per heavy atom. The zero-order valence-electron chi connectivity index (χ0n) is 11.5. The van der Waals surface area contributed by atoms with Gasteiger partial charge in [-0.3, -0.25) is 0 Å². The fraction of sp³-hybridized carbons (Fsp3) is 0.562. The van der Waals surface area contributed by atoms with E-state index in [0.717, 1.165) is 5.92 Å². The first-order valence-electron chi connectivity index (χ1n) is 7.14. The van der Waals surface area contributed by atoms with E-state index in [-0.39, 0.29) is 5.82 Å². The van der Waals surface area contributed by atoms with Gasteiger partial charge in [0.2, 0.25) is 0 Å². The lowest BCUT2D eigenvalue weighted by Crippen LogP contribution is -2.32. The Kier molecular flexibility index (Phi) is 4.93. The minimum Gasteiger partial charge on any atom is -0.310 e. The summed E-state index contributed by atoms with van der Waals surface area (Å²) in [6.07, 6.45) is 6.22. The highest BCUT2D eigenvalue weighted by Gasteiger charge is 2.19. The lowest BCUT2D eigenvalue weighted by atomic mass is 9.84. The van der Waals surface area contributed by atoms with Crippen LogP contribution in [0, 0.1) is 23.1 Å². The molecular weight excluding hydrogens is 239 g/mol. The van der Waals surface area contributed by atoms with Crippen LogP contribution in [-0.4, -0.2) is 6.04 Å². The predicted octanol–water partition coefficient (Wildman–Crippen LogP) is 3.76. The zero-order valence-corrected chi connectivity index (χ0v) is 11.5. The maximum atomic E-state index is 13.7. The second kappa shape index (κ2) is 6.68. The summed E-state index contributed by atoms with van der Waals surface area (Å²) in [6.45, 7) is 2.81. The number of benzene rings is 1. The lowest BCUT2D eigenvalue weighted by molar-refractivity contribution is 0.284. The molecule has 1 saturated carbocycles. The highest BCUT2D eigenvalue weighted by molar-refractivity contribution is 5.32. The average molecular weight is 260 g/mol. The third-order valence-corrected chi connectivity index (χ3v) is 4.19. The first kappa shape index (κ1) is 14.0. The van der Waals surface area contributed by atoms with Gasteiger partial charge in [0.15, 0.2) is 0 Å². The van der Waals surface area contributed by atoms with Crippen molar-refractivity contribution in [3.63, 3.8) is 0 Å². The fourth-order valence-electron chi connectivity index (χ4n) is 2.79. The molecule has 1 aliphatic rings. The quantitative estimate of drug-likeness (QED) is 0.894. The highest BCUT2D eigenvalue weighted by atomic mass is 19.1. The average Bonchev–Trinajstić information content (AvgIpc) is 2.46. The fourth-order valence-corrected chi connectivity index (χ4v) is 2.79. The van der Waals surface area contributed by atoms with Gasteiger partial charge in [-0.15, -0.1) is 0 Å². The van der Waals surface area contributed by atoms with Crippen molar-refractivity contribution < 1.29 is 4.39 Å². The van der Waals surface area contributed by atoms with Crippen molar-refractivity contribution in [1.82, 2.24) is 5.32 Å². The normalized spacial score (nSPS) is 23.0. The Labute approximate surface area is 114 Å². The van der Waals surface area contributed by atoms with Gasteiger partial charge in [-0.1, -0.05) is 19.4 Å². The molecule has 0 heterocycles. The number of nitrogens with one attached hydrogen (secondary N) is 1. The number of hydrogen-bond donors (Lipinski definition) is 1. The Morgan fingerprint density at radius 3 is 2.63 bits per heavy atom. The van der Waals surface area contributed by atoms with Crippen LogP contribution in [0.25, 0.3) is 0 Å². The Morgan fingerprint density at radius 2 is 2.05 bits per heavy atom. The summed E-state index contributed by atoms with van der Waals surface area (Å²) < 4.78 is 13.7. The smallest absolute Gasteiger partial charge is 0.129 e. The van der Waals surface area contributed by atoms with E-state index < -0.39 is 0 Å². The van der Waals surface area contributed by atoms with Gasteiger partial charge in [0.05, 0.1) is 11.6 Å². The zero-order chi connectivity index (χ0) is 13.7. The molecule has 1 aromatic carbocycles. The van der Waals surface area contributed by atoms with Crippen LogP contribution in [0.15, 0.2) is 18.2 Å². The molecule has 2 rings (SSSR count). The topological polar surface area (TPSA) is 35.8 Å². The van der Waals surface area contributed by atoms with Crippen molar-refractivity contribution >= 4 is 0 Å². The van der Waals surface area contributed by atoms with Crippen LogP contribution in [0.3, 0.4) is 0 Å². The summed E-state index contributed by atoms with van der Waals surface area (Å²) in [5.74, 6) is 0.596. The van der Waals surface area contributed by atoms with Crippen LogP contribution in [0.1, 0.15) is 50.2 Å². The molecule has 1 aliphatic carbocycles. The first-order valence-corrected chi connectivity index (χ1v) is 7.14. The molecule has 0 aliphatic heterocycles. The van der Waals surface area contributed by atoms with Crippen molar-refractivity contribution in [3.8, 4) is 6.07 Å². The summed E-state index contributed by atoms with van der Waals surface area (Å²) in [4.78, 5) is 0. The standard InChI is InChI=1S/C16H21FN2/c1-2-12-4-7-15(8-5-12)19-11-14-6-3-13(10-18)9-16(14)17/h3,6,9,12,15,19H,2,4-5,7-8,11H2,1H3. The van der Waals surface area contributed by atoms with E-state index in [2.05, 4.69) is 12.2 Å². The van der Waals surface area contributed by atoms with Crippen LogP contribution in [0.2, 0.25) is 0 Å². The van der Waals surface area contributed by atoms with Gasteiger partial charge < -0.3 is 5.32 Å². The van der Waals surface area contributed by atoms with E-state index in [0.29, 0.717) is 23.7 Å². The molecular formula is C16H21FN2. The Hall–Kier alpha value is -1.40. The van der Waals surface area contributed by atoms with E-state index >= 15 is 0 Å². The van der Waals surface area contributed by atoms with Gasteiger partial charge in [0.25, 0.3) is 0 Å². The summed E-state index contributed by atoms with van der Waals surface area (Å²) in [6, 6.07) is 7.16. The van der Waals surface area contributed by atoms with Crippen molar-refractivity contribution in [2.24, 2.45) is 5.92 Å². The van der Waals surface area contributed by atoms with Crippen molar-refractivity contribution in [2.75, 3.05) is 0 Å². The number of nitriles is 1. The summed E-state index contributed by atoms with van der Waals surface area (Å²) in [5.41, 5.74) is 1.03. The molecule has 2 nitrogen and oxygen atoms in total. The van der Waals surface area contributed by atoms with Crippen molar-refractivity contribution in [1.29, 1.82) is 5.26 Å². The van der Waals surface area contributed by atoms with Gasteiger partial charge in [-0.05, 0) is 43.7 Å². The SMILES string of the molecule is CCC1CCC(NCc2ccc(C#N)cc2F)CC1. The number of hydrogen-bond acceptors (Lipinski definition) is 2. The molecule has 0 saturated heterocycles. The molecule has 1 aromatic rings. The number of rotatable bonds is 4. The molecule has 0 unspecified atom stereocenters. The maximum Gasteiger partial charge on any atom is 0.129 e. The predicted molar refractivity (Wildman–Crippen MR) is 74.0 cm³/mol.